The highest BCUT2D eigenvalue weighted by atomic mass is 32.2. The summed E-state index contributed by atoms with van der Waals surface area (Å²) in [5.41, 5.74) is 1.86. The van der Waals surface area contributed by atoms with Crippen molar-refractivity contribution in [1.29, 1.82) is 0 Å². The lowest BCUT2D eigenvalue weighted by molar-refractivity contribution is 0.0627. The normalized spacial score (nSPS) is 14.9. The second-order valence-corrected chi connectivity index (χ2v) is 7.35. The highest BCUT2D eigenvalue weighted by Gasteiger charge is 2.23. The van der Waals surface area contributed by atoms with E-state index >= 15 is 0 Å². The molecule has 144 valence electrons. The molecule has 1 heterocycles. The standard InChI is InChI=1S/C21H26N2O3S/c1-25-18-6-9-20(26-2)17(14-18)15-22-10-12-23(13-11-22)21(24)16-4-7-19(27-3)8-5-16/h4-9,14H,10-13,15H2,1-3H3. The second kappa shape index (κ2) is 9.15. The van der Waals surface area contributed by atoms with E-state index in [0.29, 0.717) is 0 Å². The minimum atomic E-state index is 0.112. The van der Waals surface area contributed by atoms with Gasteiger partial charge in [0.2, 0.25) is 0 Å². The monoisotopic (exact) mass is 386 g/mol. The molecule has 0 aliphatic carbocycles. The third-order valence-electron chi connectivity index (χ3n) is 4.88. The van der Waals surface area contributed by atoms with Crippen LogP contribution in [0.2, 0.25) is 0 Å². The Hall–Kier alpha value is -2.18. The number of nitrogens with zero attached hydrogens (tertiary/aromatic N) is 2. The molecule has 0 N–H and O–H groups in total. The molecule has 0 saturated carbocycles. The fraction of sp³-hybridized carbons (Fsp3) is 0.381. The molecule has 3 rings (SSSR count). The van der Waals surface area contributed by atoms with E-state index in [2.05, 4.69) is 4.90 Å². The summed E-state index contributed by atoms with van der Waals surface area (Å²) in [4.78, 5) is 18.2. The van der Waals surface area contributed by atoms with Crippen molar-refractivity contribution >= 4 is 17.7 Å². The summed E-state index contributed by atoms with van der Waals surface area (Å²) < 4.78 is 10.8. The van der Waals surface area contributed by atoms with Gasteiger partial charge in [0.05, 0.1) is 14.2 Å². The van der Waals surface area contributed by atoms with Crippen LogP contribution in [0, 0.1) is 0 Å². The van der Waals surface area contributed by atoms with Crippen molar-refractivity contribution in [1.82, 2.24) is 9.80 Å². The molecule has 0 atom stereocenters. The first-order valence-electron chi connectivity index (χ1n) is 9.01. The Balaban J connectivity index is 1.59. The zero-order valence-electron chi connectivity index (χ0n) is 16.1. The molecule has 1 fully saturated rings. The van der Waals surface area contributed by atoms with Gasteiger partial charge in [0.1, 0.15) is 11.5 Å². The Kier molecular flexibility index (Phi) is 6.63. The molecular formula is C21H26N2O3S. The first-order valence-corrected chi connectivity index (χ1v) is 10.2. The molecule has 2 aromatic carbocycles. The molecule has 1 aliphatic heterocycles. The van der Waals surface area contributed by atoms with E-state index in [1.54, 1.807) is 26.0 Å². The number of thioether (sulfide) groups is 1. The van der Waals surface area contributed by atoms with E-state index in [4.69, 9.17) is 9.47 Å². The Morgan fingerprint density at radius 2 is 1.70 bits per heavy atom. The number of carbonyl (C=O) groups excluding carboxylic acids is 1. The van der Waals surface area contributed by atoms with Crippen molar-refractivity contribution in [3.63, 3.8) is 0 Å². The van der Waals surface area contributed by atoms with E-state index in [1.165, 1.54) is 4.90 Å². The Labute approximate surface area is 165 Å². The minimum absolute atomic E-state index is 0.112. The van der Waals surface area contributed by atoms with Crippen LogP contribution >= 0.6 is 11.8 Å². The van der Waals surface area contributed by atoms with Crippen molar-refractivity contribution in [2.24, 2.45) is 0 Å². The van der Waals surface area contributed by atoms with Crippen LogP contribution in [0.5, 0.6) is 11.5 Å². The average molecular weight is 387 g/mol. The van der Waals surface area contributed by atoms with E-state index in [9.17, 15) is 4.79 Å². The predicted octanol–water partition coefficient (Wildman–Crippen LogP) is 3.38. The van der Waals surface area contributed by atoms with Gasteiger partial charge in [0, 0.05) is 48.7 Å². The Morgan fingerprint density at radius 1 is 1.00 bits per heavy atom. The summed E-state index contributed by atoms with van der Waals surface area (Å²) in [5, 5.41) is 0. The van der Waals surface area contributed by atoms with E-state index in [0.717, 1.165) is 55.3 Å². The van der Waals surface area contributed by atoms with Gasteiger partial charge in [0.15, 0.2) is 0 Å². The Morgan fingerprint density at radius 3 is 2.30 bits per heavy atom. The van der Waals surface area contributed by atoms with Crippen LogP contribution in [-0.2, 0) is 6.54 Å². The van der Waals surface area contributed by atoms with Crippen LogP contribution < -0.4 is 9.47 Å². The van der Waals surface area contributed by atoms with Gasteiger partial charge < -0.3 is 14.4 Å². The molecular weight excluding hydrogens is 360 g/mol. The van der Waals surface area contributed by atoms with Crippen LogP contribution in [-0.4, -0.2) is 62.4 Å². The fourth-order valence-electron chi connectivity index (χ4n) is 3.27. The van der Waals surface area contributed by atoms with Crippen LogP contribution in [0.4, 0.5) is 0 Å². The average Bonchev–Trinajstić information content (AvgIpc) is 2.73. The topological polar surface area (TPSA) is 42.0 Å². The molecule has 0 bridgehead atoms. The summed E-state index contributed by atoms with van der Waals surface area (Å²) in [6.45, 7) is 3.93. The van der Waals surface area contributed by atoms with Gasteiger partial charge in [-0.1, -0.05) is 0 Å². The van der Waals surface area contributed by atoms with Gasteiger partial charge in [-0.25, -0.2) is 0 Å². The largest absolute Gasteiger partial charge is 0.497 e. The van der Waals surface area contributed by atoms with Gasteiger partial charge in [0.25, 0.3) is 5.91 Å². The van der Waals surface area contributed by atoms with E-state index < -0.39 is 0 Å². The molecule has 1 amide bonds. The first-order chi connectivity index (χ1) is 13.1. The summed E-state index contributed by atoms with van der Waals surface area (Å²) in [6, 6.07) is 13.7. The second-order valence-electron chi connectivity index (χ2n) is 6.47. The van der Waals surface area contributed by atoms with Crippen LogP contribution in [0.1, 0.15) is 15.9 Å². The summed E-state index contributed by atoms with van der Waals surface area (Å²) in [5.74, 6) is 1.80. The lowest BCUT2D eigenvalue weighted by Crippen LogP contribution is -2.48. The van der Waals surface area contributed by atoms with E-state index in [1.807, 2.05) is 53.6 Å². The molecule has 0 unspecified atom stereocenters. The third kappa shape index (κ3) is 4.76. The van der Waals surface area contributed by atoms with Crippen LogP contribution in [0.25, 0.3) is 0 Å². The molecule has 6 heteroatoms. The molecule has 27 heavy (non-hydrogen) atoms. The van der Waals surface area contributed by atoms with Gasteiger partial charge >= 0.3 is 0 Å². The minimum Gasteiger partial charge on any atom is -0.497 e. The highest BCUT2D eigenvalue weighted by Crippen LogP contribution is 2.26. The number of carbonyl (C=O) groups is 1. The van der Waals surface area contributed by atoms with Gasteiger partial charge in [-0.15, -0.1) is 11.8 Å². The van der Waals surface area contributed by atoms with Crippen molar-refractivity contribution in [3.05, 3.63) is 53.6 Å². The third-order valence-corrected chi connectivity index (χ3v) is 5.62. The fourth-order valence-corrected chi connectivity index (χ4v) is 3.68. The van der Waals surface area contributed by atoms with Crippen LogP contribution in [0.3, 0.4) is 0 Å². The van der Waals surface area contributed by atoms with Crippen LogP contribution in [0.15, 0.2) is 47.4 Å². The maximum atomic E-state index is 12.7. The lowest BCUT2D eigenvalue weighted by Gasteiger charge is -2.35. The number of rotatable bonds is 6. The number of benzene rings is 2. The number of methoxy groups -OCH3 is 2. The molecule has 0 radical (unpaired) electrons. The molecule has 0 aromatic heterocycles. The SMILES string of the molecule is COc1ccc(OC)c(CN2CCN(C(=O)c3ccc(SC)cc3)CC2)c1. The molecule has 1 saturated heterocycles. The van der Waals surface area contributed by atoms with Crippen molar-refractivity contribution in [2.45, 2.75) is 11.4 Å². The number of piperazine rings is 1. The predicted molar refractivity (Wildman–Crippen MR) is 109 cm³/mol. The van der Waals surface area contributed by atoms with Crippen molar-refractivity contribution < 1.29 is 14.3 Å². The maximum Gasteiger partial charge on any atom is 0.253 e. The molecule has 0 spiro atoms. The summed E-state index contributed by atoms with van der Waals surface area (Å²) >= 11 is 1.68. The number of hydrogen-bond acceptors (Lipinski definition) is 5. The zero-order chi connectivity index (χ0) is 19.2. The van der Waals surface area contributed by atoms with E-state index in [-0.39, 0.29) is 5.91 Å². The highest BCUT2D eigenvalue weighted by molar-refractivity contribution is 7.98. The van der Waals surface area contributed by atoms with Gasteiger partial charge in [-0.2, -0.15) is 0 Å². The Bertz CT molecular complexity index is 771. The molecule has 5 nitrogen and oxygen atoms in total. The molecule has 2 aromatic rings. The summed E-state index contributed by atoms with van der Waals surface area (Å²) in [6.07, 6.45) is 2.04. The quantitative estimate of drug-likeness (QED) is 0.712. The van der Waals surface area contributed by atoms with Gasteiger partial charge in [-0.3, -0.25) is 9.69 Å². The van der Waals surface area contributed by atoms with Crippen molar-refractivity contribution in [3.8, 4) is 11.5 Å². The lowest BCUT2D eigenvalue weighted by atomic mass is 10.1. The zero-order valence-corrected chi connectivity index (χ0v) is 16.9. The smallest absolute Gasteiger partial charge is 0.253 e. The number of hydrogen-bond donors (Lipinski definition) is 0. The van der Waals surface area contributed by atoms with Crippen molar-refractivity contribution in [2.75, 3.05) is 46.7 Å². The number of amides is 1. The molecule has 1 aliphatic rings. The maximum absolute atomic E-state index is 12.7. The number of ether oxygens (including phenoxy) is 2. The first kappa shape index (κ1) is 19.6. The van der Waals surface area contributed by atoms with Gasteiger partial charge in [-0.05, 0) is 48.7 Å². The summed E-state index contributed by atoms with van der Waals surface area (Å²) in [7, 11) is 3.35.